The maximum absolute atomic E-state index is 5.12. The predicted molar refractivity (Wildman–Crippen MR) is 136 cm³/mol. The standard InChI is InChI=1S/C25H33N5S/c1-17(2)20-8-7-9-21(16-20)26-24-11-10-23-25(27-24)29(18(3)19(4)30(23)31-6)22-12-14-28(5)15-13-22/h7-11,16,18,22H,1,4,12-15H2,2-3,5-6H3,(H,26,27). The van der Waals surface area contributed by atoms with E-state index in [4.69, 9.17) is 4.98 Å². The number of hydrogen-bond donors (Lipinski definition) is 1. The number of aromatic nitrogens is 1. The first kappa shape index (κ1) is 21.8. The molecule has 1 unspecified atom stereocenters. The highest BCUT2D eigenvalue weighted by Gasteiger charge is 2.37. The summed E-state index contributed by atoms with van der Waals surface area (Å²) in [4.78, 5) is 10.0. The Balaban J connectivity index is 1.70. The fourth-order valence-corrected chi connectivity index (χ4v) is 5.24. The summed E-state index contributed by atoms with van der Waals surface area (Å²) in [6, 6.07) is 13.2. The van der Waals surface area contributed by atoms with Crippen LogP contribution in [-0.2, 0) is 0 Å². The van der Waals surface area contributed by atoms with Gasteiger partial charge >= 0.3 is 0 Å². The minimum atomic E-state index is 0.211. The van der Waals surface area contributed by atoms with Gasteiger partial charge in [0.25, 0.3) is 0 Å². The molecule has 0 spiro atoms. The summed E-state index contributed by atoms with van der Waals surface area (Å²) in [5.41, 5.74) is 5.45. The van der Waals surface area contributed by atoms with E-state index in [9.17, 15) is 0 Å². The number of pyridine rings is 1. The summed E-state index contributed by atoms with van der Waals surface area (Å²) >= 11 is 1.69. The molecule has 1 aromatic carbocycles. The number of nitrogens with zero attached hydrogens (tertiary/aromatic N) is 4. The number of hydrogen-bond acceptors (Lipinski definition) is 6. The SMILES string of the molecule is C=C(C)c1cccc(Nc2ccc3c(n2)N(C2CCN(C)CC2)C(C)C(=C)N3SC)c1. The van der Waals surface area contributed by atoms with Crippen molar-refractivity contribution in [3.8, 4) is 0 Å². The Morgan fingerprint density at radius 1 is 1.19 bits per heavy atom. The molecule has 4 rings (SSSR count). The lowest BCUT2D eigenvalue weighted by Gasteiger charge is -2.48. The van der Waals surface area contributed by atoms with Gasteiger partial charge in [0.05, 0.1) is 11.7 Å². The topological polar surface area (TPSA) is 34.6 Å². The van der Waals surface area contributed by atoms with E-state index in [1.165, 1.54) is 0 Å². The molecule has 1 aromatic heterocycles. The summed E-state index contributed by atoms with van der Waals surface area (Å²) in [5.74, 6) is 1.90. The van der Waals surface area contributed by atoms with Crippen LogP contribution in [0.3, 0.4) is 0 Å². The average molecular weight is 436 g/mol. The van der Waals surface area contributed by atoms with Crippen LogP contribution in [0, 0.1) is 0 Å². The van der Waals surface area contributed by atoms with E-state index in [1.807, 2.05) is 6.92 Å². The molecule has 164 valence electrons. The largest absolute Gasteiger partial charge is 0.343 e. The van der Waals surface area contributed by atoms with E-state index in [0.29, 0.717) is 6.04 Å². The van der Waals surface area contributed by atoms with Crippen molar-refractivity contribution < 1.29 is 0 Å². The van der Waals surface area contributed by atoms with Gasteiger partial charge in [0, 0.05) is 23.7 Å². The Morgan fingerprint density at radius 2 is 1.94 bits per heavy atom. The quantitative estimate of drug-likeness (QED) is 0.602. The van der Waals surface area contributed by atoms with Crippen LogP contribution >= 0.6 is 11.9 Å². The third kappa shape index (κ3) is 4.32. The fraction of sp³-hybridized carbons (Fsp3) is 0.400. The fourth-order valence-electron chi connectivity index (χ4n) is 4.52. The van der Waals surface area contributed by atoms with Gasteiger partial charge in [-0.05, 0) is 88.6 Å². The monoisotopic (exact) mass is 435 g/mol. The van der Waals surface area contributed by atoms with Gasteiger partial charge < -0.3 is 15.1 Å². The molecular formula is C25H33N5S. The van der Waals surface area contributed by atoms with Crippen LogP contribution in [0.5, 0.6) is 0 Å². The average Bonchev–Trinajstić information content (AvgIpc) is 2.76. The van der Waals surface area contributed by atoms with Crippen molar-refractivity contribution in [3.63, 3.8) is 0 Å². The summed E-state index contributed by atoms with van der Waals surface area (Å²) < 4.78 is 2.23. The van der Waals surface area contributed by atoms with Crippen LogP contribution in [0.15, 0.2) is 55.3 Å². The molecule has 2 aromatic rings. The number of allylic oxidation sites excluding steroid dienone is 1. The normalized spacial score (nSPS) is 20.0. The third-order valence-corrected chi connectivity index (χ3v) is 7.17. The zero-order valence-corrected chi connectivity index (χ0v) is 19.9. The maximum atomic E-state index is 5.12. The second kappa shape index (κ2) is 8.97. The van der Waals surface area contributed by atoms with Crippen LogP contribution in [0.25, 0.3) is 5.57 Å². The molecule has 1 N–H and O–H groups in total. The van der Waals surface area contributed by atoms with E-state index < -0.39 is 0 Å². The predicted octanol–water partition coefficient (Wildman–Crippen LogP) is 5.76. The van der Waals surface area contributed by atoms with Crippen LogP contribution < -0.4 is 14.5 Å². The summed E-state index contributed by atoms with van der Waals surface area (Å²) in [6.45, 7) is 15.0. The smallest absolute Gasteiger partial charge is 0.156 e. The van der Waals surface area contributed by atoms with E-state index in [1.54, 1.807) is 11.9 Å². The van der Waals surface area contributed by atoms with Crippen molar-refractivity contribution in [1.82, 2.24) is 9.88 Å². The van der Waals surface area contributed by atoms with Gasteiger partial charge in [-0.3, -0.25) is 4.31 Å². The Bertz CT molecular complexity index is 980. The minimum Gasteiger partial charge on any atom is -0.343 e. The lowest BCUT2D eigenvalue weighted by molar-refractivity contribution is 0.245. The molecule has 0 amide bonds. The molecule has 2 aliphatic rings. The summed E-state index contributed by atoms with van der Waals surface area (Å²) in [5, 5.41) is 3.50. The first-order valence-corrected chi connectivity index (χ1v) is 12.1. The Hall–Kier alpha value is -2.44. The molecule has 1 saturated heterocycles. The Morgan fingerprint density at radius 3 is 2.61 bits per heavy atom. The number of likely N-dealkylation sites (tertiary alicyclic amines) is 1. The first-order valence-electron chi connectivity index (χ1n) is 10.9. The van der Waals surface area contributed by atoms with Crippen molar-refractivity contribution in [2.24, 2.45) is 0 Å². The van der Waals surface area contributed by atoms with Crippen LogP contribution in [0.2, 0.25) is 0 Å². The molecule has 5 nitrogen and oxygen atoms in total. The lowest BCUT2D eigenvalue weighted by Crippen LogP contribution is -2.52. The van der Waals surface area contributed by atoms with E-state index in [0.717, 1.165) is 65.8 Å². The minimum absolute atomic E-state index is 0.211. The highest BCUT2D eigenvalue weighted by molar-refractivity contribution is 8.00. The lowest BCUT2D eigenvalue weighted by atomic mass is 9.99. The summed E-state index contributed by atoms with van der Waals surface area (Å²) in [7, 11) is 2.21. The van der Waals surface area contributed by atoms with Crippen LogP contribution in [0.1, 0.15) is 32.3 Å². The molecular weight excluding hydrogens is 402 g/mol. The van der Waals surface area contributed by atoms with Crippen molar-refractivity contribution >= 4 is 40.5 Å². The molecule has 1 fully saturated rings. The van der Waals surface area contributed by atoms with Crippen molar-refractivity contribution in [2.75, 3.05) is 40.9 Å². The van der Waals surface area contributed by atoms with Gasteiger partial charge in [-0.1, -0.05) is 30.9 Å². The Kier molecular flexibility index (Phi) is 6.30. The molecule has 6 heteroatoms. The number of benzene rings is 1. The molecule has 2 aliphatic heterocycles. The van der Waals surface area contributed by atoms with Gasteiger partial charge in [0.15, 0.2) is 5.82 Å². The number of fused-ring (bicyclic) bond motifs is 1. The van der Waals surface area contributed by atoms with Crippen molar-refractivity contribution in [1.29, 1.82) is 0 Å². The highest BCUT2D eigenvalue weighted by atomic mass is 32.2. The number of piperidine rings is 1. The van der Waals surface area contributed by atoms with Crippen molar-refractivity contribution in [2.45, 2.75) is 38.8 Å². The highest BCUT2D eigenvalue weighted by Crippen LogP contribution is 2.44. The van der Waals surface area contributed by atoms with Gasteiger partial charge in [-0.15, -0.1) is 0 Å². The Labute approximate surface area is 191 Å². The molecule has 0 saturated carbocycles. The molecule has 0 aliphatic carbocycles. The van der Waals surface area contributed by atoms with E-state index >= 15 is 0 Å². The molecule has 0 radical (unpaired) electrons. The van der Waals surface area contributed by atoms with Crippen LogP contribution in [0.4, 0.5) is 23.0 Å². The zero-order chi connectivity index (χ0) is 22.1. The van der Waals surface area contributed by atoms with Gasteiger partial charge in [0.2, 0.25) is 0 Å². The maximum Gasteiger partial charge on any atom is 0.156 e. The molecule has 0 bridgehead atoms. The van der Waals surface area contributed by atoms with Gasteiger partial charge in [-0.2, -0.15) is 0 Å². The van der Waals surface area contributed by atoms with Gasteiger partial charge in [0.1, 0.15) is 5.82 Å². The molecule has 31 heavy (non-hydrogen) atoms. The summed E-state index contributed by atoms with van der Waals surface area (Å²) in [6.07, 6.45) is 4.39. The number of nitrogens with one attached hydrogen (secondary N) is 1. The second-order valence-electron chi connectivity index (χ2n) is 8.61. The van der Waals surface area contributed by atoms with E-state index in [2.05, 4.69) is 89.2 Å². The first-order chi connectivity index (χ1) is 14.9. The molecule has 3 heterocycles. The zero-order valence-electron chi connectivity index (χ0n) is 19.1. The number of anilines is 4. The van der Waals surface area contributed by atoms with Crippen molar-refractivity contribution in [3.05, 3.63) is 60.8 Å². The third-order valence-electron chi connectivity index (χ3n) is 6.37. The second-order valence-corrected chi connectivity index (χ2v) is 9.34. The van der Waals surface area contributed by atoms with Crippen LogP contribution in [-0.4, -0.2) is 48.4 Å². The molecule has 1 atom stereocenters. The van der Waals surface area contributed by atoms with E-state index in [-0.39, 0.29) is 6.04 Å². The van der Waals surface area contributed by atoms with Gasteiger partial charge in [-0.25, -0.2) is 4.98 Å². The number of rotatable bonds is 5.